The maximum atomic E-state index is 12.7. The molecule has 57 heavy (non-hydrogen) atoms. The largest absolute Gasteiger partial charge is 0.462 e. The highest BCUT2D eigenvalue weighted by Crippen LogP contribution is 2.12. The smallest absolute Gasteiger partial charge is 0.306 e. The third-order valence-corrected chi connectivity index (χ3v) is 9.15. The van der Waals surface area contributed by atoms with E-state index in [0.29, 0.717) is 19.3 Å². The Morgan fingerprint density at radius 3 is 1.30 bits per heavy atom. The zero-order chi connectivity index (χ0) is 41.5. The van der Waals surface area contributed by atoms with Gasteiger partial charge in [0.2, 0.25) is 0 Å². The molecule has 1 unspecified atom stereocenters. The maximum Gasteiger partial charge on any atom is 0.306 e. The van der Waals surface area contributed by atoms with Crippen molar-refractivity contribution in [3.8, 4) is 0 Å². The standard InChI is InChI=1S/C51H82O6/c1-4-7-10-13-16-19-22-24-26-28-29-32-35-38-41-44-50(53)56-47-48(46-55-49(52)43-40-37-34-31-21-18-15-12-9-6-3)57-51(54)45-42-39-36-33-30-27-25-23-20-17-14-11-8-5-2/h7-8,10-11,13,15-20,22,24-27,48H,4-6,9,12,14,21,23,28-47H2,1-3H3/b10-7-,11-8-,16-13-,18-15-,20-17-,22-19-,26-24-,27-25-. The fraction of sp³-hybridized carbons (Fsp3) is 0.627. The first kappa shape index (κ1) is 53.3. The number of hydrogen-bond donors (Lipinski definition) is 0. The number of ether oxygens (including phenoxy) is 3. The van der Waals surface area contributed by atoms with Crippen molar-refractivity contribution in [2.24, 2.45) is 0 Å². The Hall–Kier alpha value is -3.67. The number of allylic oxidation sites excluding steroid dienone is 16. The first-order valence-electron chi connectivity index (χ1n) is 22.8. The Labute approximate surface area is 349 Å². The fourth-order valence-corrected chi connectivity index (χ4v) is 5.74. The van der Waals surface area contributed by atoms with Crippen LogP contribution in [0.4, 0.5) is 0 Å². The second-order valence-electron chi connectivity index (χ2n) is 14.6. The molecular weight excluding hydrogens is 709 g/mol. The van der Waals surface area contributed by atoms with Crippen LogP contribution >= 0.6 is 0 Å². The van der Waals surface area contributed by atoms with Crippen LogP contribution < -0.4 is 0 Å². The molecule has 0 aliphatic rings. The van der Waals surface area contributed by atoms with Crippen molar-refractivity contribution < 1.29 is 28.6 Å². The van der Waals surface area contributed by atoms with Gasteiger partial charge in [-0.05, 0) is 89.9 Å². The van der Waals surface area contributed by atoms with Crippen molar-refractivity contribution in [2.75, 3.05) is 13.2 Å². The Bertz CT molecular complexity index is 1180. The Morgan fingerprint density at radius 2 is 0.772 bits per heavy atom. The molecule has 0 aliphatic heterocycles. The molecule has 0 fully saturated rings. The van der Waals surface area contributed by atoms with E-state index in [0.717, 1.165) is 135 Å². The van der Waals surface area contributed by atoms with Crippen LogP contribution in [0.1, 0.15) is 188 Å². The molecule has 6 nitrogen and oxygen atoms in total. The van der Waals surface area contributed by atoms with Crippen molar-refractivity contribution in [2.45, 2.75) is 194 Å². The predicted molar refractivity (Wildman–Crippen MR) is 242 cm³/mol. The van der Waals surface area contributed by atoms with Crippen molar-refractivity contribution in [3.05, 3.63) is 97.2 Å². The van der Waals surface area contributed by atoms with Crippen LogP contribution in [0.5, 0.6) is 0 Å². The molecule has 0 N–H and O–H groups in total. The molecule has 0 heterocycles. The minimum Gasteiger partial charge on any atom is -0.462 e. The van der Waals surface area contributed by atoms with Gasteiger partial charge in [0, 0.05) is 19.3 Å². The van der Waals surface area contributed by atoms with Gasteiger partial charge in [-0.3, -0.25) is 14.4 Å². The molecular formula is C51H82O6. The van der Waals surface area contributed by atoms with Crippen LogP contribution in [-0.4, -0.2) is 37.2 Å². The van der Waals surface area contributed by atoms with E-state index in [4.69, 9.17) is 14.2 Å². The summed E-state index contributed by atoms with van der Waals surface area (Å²) in [6.07, 6.45) is 58.1. The molecule has 0 aliphatic carbocycles. The monoisotopic (exact) mass is 791 g/mol. The zero-order valence-electron chi connectivity index (χ0n) is 36.6. The second-order valence-corrected chi connectivity index (χ2v) is 14.6. The summed E-state index contributed by atoms with van der Waals surface area (Å²) in [5.74, 6) is -0.972. The normalized spacial score (nSPS) is 13.0. The maximum absolute atomic E-state index is 12.7. The molecule has 0 saturated carbocycles. The minimum atomic E-state index is -0.802. The van der Waals surface area contributed by atoms with E-state index in [1.807, 2.05) is 24.3 Å². The summed E-state index contributed by atoms with van der Waals surface area (Å²) in [5.41, 5.74) is 0. The van der Waals surface area contributed by atoms with Crippen LogP contribution in [0.2, 0.25) is 0 Å². The highest BCUT2D eigenvalue weighted by Gasteiger charge is 2.19. The number of unbranched alkanes of at least 4 members (excludes halogenated alkanes) is 15. The van der Waals surface area contributed by atoms with Crippen LogP contribution in [0.3, 0.4) is 0 Å². The van der Waals surface area contributed by atoms with Crippen LogP contribution in [-0.2, 0) is 28.6 Å². The van der Waals surface area contributed by atoms with Gasteiger partial charge in [0.05, 0.1) is 0 Å². The number of carbonyl (C=O) groups is 3. The molecule has 0 aromatic rings. The van der Waals surface area contributed by atoms with Crippen molar-refractivity contribution >= 4 is 17.9 Å². The van der Waals surface area contributed by atoms with Crippen LogP contribution in [0, 0.1) is 0 Å². The fourth-order valence-electron chi connectivity index (χ4n) is 5.74. The summed E-state index contributed by atoms with van der Waals surface area (Å²) in [5, 5.41) is 0. The SMILES string of the molecule is CC\C=C/C=C\C=C/C=C\CCCCCCCC(=O)OCC(COC(=O)CCCCCC/C=C\CCCC)OC(=O)CCCCCC/C=C\C/C=C\C/C=C\CC. The second kappa shape index (κ2) is 45.0. The van der Waals surface area contributed by atoms with E-state index in [1.165, 1.54) is 12.8 Å². The Balaban J connectivity index is 4.49. The van der Waals surface area contributed by atoms with Gasteiger partial charge in [0.25, 0.3) is 0 Å². The number of hydrogen-bond acceptors (Lipinski definition) is 6. The van der Waals surface area contributed by atoms with E-state index >= 15 is 0 Å². The average molecular weight is 791 g/mol. The summed E-state index contributed by atoms with van der Waals surface area (Å²) in [6.45, 7) is 6.26. The van der Waals surface area contributed by atoms with Gasteiger partial charge < -0.3 is 14.2 Å². The van der Waals surface area contributed by atoms with Crippen molar-refractivity contribution in [1.29, 1.82) is 0 Å². The summed E-state index contributed by atoms with van der Waals surface area (Å²) < 4.78 is 16.7. The molecule has 1 atom stereocenters. The zero-order valence-corrected chi connectivity index (χ0v) is 36.6. The van der Waals surface area contributed by atoms with E-state index in [1.54, 1.807) is 0 Å². The molecule has 322 valence electrons. The van der Waals surface area contributed by atoms with Gasteiger partial charge in [-0.15, -0.1) is 0 Å². The first-order chi connectivity index (χ1) is 28.0. The van der Waals surface area contributed by atoms with Crippen molar-refractivity contribution in [1.82, 2.24) is 0 Å². The third kappa shape index (κ3) is 43.3. The topological polar surface area (TPSA) is 78.9 Å². The van der Waals surface area contributed by atoms with Gasteiger partial charge in [0.15, 0.2) is 6.10 Å². The molecule has 0 spiro atoms. The Kier molecular flexibility index (Phi) is 42.1. The lowest BCUT2D eigenvalue weighted by molar-refractivity contribution is -0.167. The summed E-state index contributed by atoms with van der Waals surface area (Å²) in [6, 6.07) is 0. The minimum absolute atomic E-state index is 0.103. The molecule has 0 saturated heterocycles. The van der Waals surface area contributed by atoms with Crippen LogP contribution in [0.15, 0.2) is 97.2 Å². The lowest BCUT2D eigenvalue weighted by Gasteiger charge is -2.18. The predicted octanol–water partition coefficient (Wildman–Crippen LogP) is 14.6. The van der Waals surface area contributed by atoms with Crippen molar-refractivity contribution in [3.63, 3.8) is 0 Å². The lowest BCUT2D eigenvalue weighted by Crippen LogP contribution is -2.30. The highest BCUT2D eigenvalue weighted by molar-refractivity contribution is 5.71. The average Bonchev–Trinajstić information content (AvgIpc) is 3.21. The third-order valence-electron chi connectivity index (χ3n) is 9.15. The van der Waals surface area contributed by atoms with E-state index < -0.39 is 6.10 Å². The van der Waals surface area contributed by atoms with Crippen LogP contribution in [0.25, 0.3) is 0 Å². The number of rotatable bonds is 39. The van der Waals surface area contributed by atoms with Gasteiger partial charge >= 0.3 is 17.9 Å². The molecule has 6 heteroatoms. The molecule has 0 aromatic heterocycles. The molecule has 0 rings (SSSR count). The molecule has 0 bridgehead atoms. The van der Waals surface area contributed by atoms with Gasteiger partial charge in [-0.2, -0.15) is 0 Å². The quantitative estimate of drug-likeness (QED) is 0.0203. The lowest BCUT2D eigenvalue weighted by atomic mass is 10.1. The van der Waals surface area contributed by atoms with Gasteiger partial charge in [-0.1, -0.05) is 176 Å². The summed E-state index contributed by atoms with van der Waals surface area (Å²) in [7, 11) is 0. The Morgan fingerprint density at radius 1 is 0.386 bits per heavy atom. The van der Waals surface area contributed by atoms with Gasteiger partial charge in [0.1, 0.15) is 13.2 Å². The van der Waals surface area contributed by atoms with E-state index in [9.17, 15) is 14.4 Å². The van der Waals surface area contributed by atoms with E-state index in [-0.39, 0.29) is 31.1 Å². The number of esters is 3. The highest BCUT2D eigenvalue weighted by atomic mass is 16.6. The summed E-state index contributed by atoms with van der Waals surface area (Å²) in [4.78, 5) is 37.7. The van der Waals surface area contributed by atoms with Gasteiger partial charge in [-0.25, -0.2) is 0 Å². The molecule has 0 aromatic carbocycles. The molecule has 0 radical (unpaired) electrons. The number of carbonyl (C=O) groups excluding carboxylic acids is 3. The molecule has 0 amide bonds. The first-order valence-corrected chi connectivity index (χ1v) is 22.8. The van der Waals surface area contributed by atoms with E-state index in [2.05, 4.69) is 93.7 Å². The summed E-state index contributed by atoms with van der Waals surface area (Å²) >= 11 is 0.